The number of hydrogen-bond donors (Lipinski definition) is 1. The highest BCUT2D eigenvalue weighted by Crippen LogP contribution is 2.21. The molecule has 1 atom stereocenters. The minimum absolute atomic E-state index is 0.376. The van der Waals surface area contributed by atoms with E-state index in [1.807, 2.05) is 13.8 Å². The first-order chi connectivity index (χ1) is 6.10. The van der Waals surface area contributed by atoms with E-state index in [0.717, 1.165) is 5.57 Å². The summed E-state index contributed by atoms with van der Waals surface area (Å²) in [5.41, 5.74) is 8.74. The molecule has 0 saturated heterocycles. The molecule has 0 spiro atoms. The predicted octanol–water partition coefficient (Wildman–Crippen LogP) is 1.83. The molecule has 0 fully saturated rings. The normalized spacial score (nSPS) is 15.8. The van der Waals surface area contributed by atoms with E-state index in [2.05, 4.69) is 15.3 Å². The second-order valence-corrected chi connectivity index (χ2v) is 3.01. The summed E-state index contributed by atoms with van der Waals surface area (Å²) in [7, 11) is 3.38. The third kappa shape index (κ3) is 3.36. The highest BCUT2D eigenvalue weighted by molar-refractivity contribution is 5.16. The van der Waals surface area contributed by atoms with Crippen LogP contribution >= 0.6 is 0 Å². The largest absolute Gasteiger partial charge is 0.394 e. The molecular formula is C8H16N4O. The average molecular weight is 184 g/mol. The SMILES string of the molecule is CN/C=C(\C)C(C)(COC)N=[N+]=[N-]. The number of ether oxygens (including phenoxy) is 1. The van der Waals surface area contributed by atoms with Crippen LogP contribution in [0.25, 0.3) is 10.4 Å². The summed E-state index contributed by atoms with van der Waals surface area (Å²) in [4.78, 5) is 2.81. The van der Waals surface area contributed by atoms with E-state index >= 15 is 0 Å². The highest BCUT2D eigenvalue weighted by atomic mass is 16.5. The molecule has 5 heteroatoms. The van der Waals surface area contributed by atoms with Gasteiger partial charge in [0.1, 0.15) is 0 Å². The van der Waals surface area contributed by atoms with Crippen molar-refractivity contribution in [2.45, 2.75) is 19.4 Å². The third-order valence-corrected chi connectivity index (χ3v) is 1.90. The van der Waals surface area contributed by atoms with Crippen LogP contribution in [0.15, 0.2) is 16.9 Å². The van der Waals surface area contributed by atoms with Crippen LogP contribution in [0.4, 0.5) is 0 Å². The molecule has 0 heterocycles. The van der Waals surface area contributed by atoms with Gasteiger partial charge < -0.3 is 10.1 Å². The number of rotatable bonds is 5. The van der Waals surface area contributed by atoms with Gasteiger partial charge in [-0.25, -0.2) is 0 Å². The van der Waals surface area contributed by atoms with Gasteiger partial charge in [0, 0.05) is 19.1 Å². The Hall–Kier alpha value is -1.19. The van der Waals surface area contributed by atoms with Crippen molar-refractivity contribution in [2.75, 3.05) is 20.8 Å². The first-order valence-electron chi connectivity index (χ1n) is 4.00. The van der Waals surface area contributed by atoms with Crippen molar-refractivity contribution in [1.82, 2.24) is 5.32 Å². The van der Waals surface area contributed by atoms with Crippen LogP contribution in [-0.2, 0) is 4.74 Å². The molecule has 13 heavy (non-hydrogen) atoms. The van der Waals surface area contributed by atoms with Gasteiger partial charge in [-0.2, -0.15) is 0 Å². The topological polar surface area (TPSA) is 70.0 Å². The fraction of sp³-hybridized carbons (Fsp3) is 0.750. The van der Waals surface area contributed by atoms with Crippen LogP contribution in [0.5, 0.6) is 0 Å². The smallest absolute Gasteiger partial charge is 0.0916 e. The van der Waals surface area contributed by atoms with Crippen LogP contribution in [0.3, 0.4) is 0 Å². The van der Waals surface area contributed by atoms with E-state index in [0.29, 0.717) is 6.61 Å². The van der Waals surface area contributed by atoms with Crippen molar-refractivity contribution in [2.24, 2.45) is 5.11 Å². The number of nitrogens with zero attached hydrogens (tertiary/aromatic N) is 3. The molecule has 0 radical (unpaired) electrons. The molecule has 1 unspecified atom stereocenters. The maximum atomic E-state index is 8.40. The monoisotopic (exact) mass is 184 g/mol. The number of azide groups is 1. The molecule has 74 valence electrons. The van der Waals surface area contributed by atoms with E-state index in [1.165, 1.54) is 0 Å². The van der Waals surface area contributed by atoms with Gasteiger partial charge in [0.15, 0.2) is 0 Å². The quantitative estimate of drug-likeness (QED) is 0.402. The van der Waals surface area contributed by atoms with Gasteiger partial charge in [0.25, 0.3) is 0 Å². The lowest BCUT2D eigenvalue weighted by molar-refractivity contribution is 0.156. The summed E-state index contributed by atoms with van der Waals surface area (Å²) in [6.07, 6.45) is 1.80. The van der Waals surface area contributed by atoms with Gasteiger partial charge in [-0.05, 0) is 31.2 Å². The van der Waals surface area contributed by atoms with Crippen LogP contribution in [0.2, 0.25) is 0 Å². The van der Waals surface area contributed by atoms with Gasteiger partial charge in [-0.1, -0.05) is 5.11 Å². The van der Waals surface area contributed by atoms with Gasteiger partial charge in [0.05, 0.1) is 12.1 Å². The lowest BCUT2D eigenvalue weighted by Crippen LogP contribution is -2.29. The minimum atomic E-state index is -0.605. The Morgan fingerprint density at radius 3 is 2.77 bits per heavy atom. The molecule has 0 amide bonds. The number of methoxy groups -OCH3 is 1. The van der Waals surface area contributed by atoms with Crippen molar-refractivity contribution in [1.29, 1.82) is 0 Å². The summed E-state index contributed by atoms with van der Waals surface area (Å²) in [6, 6.07) is 0. The van der Waals surface area contributed by atoms with Crippen LogP contribution in [0.1, 0.15) is 13.8 Å². The lowest BCUT2D eigenvalue weighted by atomic mass is 9.96. The maximum Gasteiger partial charge on any atom is 0.0916 e. The molecule has 0 aromatic rings. The Morgan fingerprint density at radius 2 is 2.38 bits per heavy atom. The third-order valence-electron chi connectivity index (χ3n) is 1.90. The lowest BCUT2D eigenvalue weighted by Gasteiger charge is -2.23. The molecule has 0 saturated carbocycles. The number of hydrogen-bond acceptors (Lipinski definition) is 3. The van der Waals surface area contributed by atoms with Crippen molar-refractivity contribution in [3.63, 3.8) is 0 Å². The molecule has 0 bridgehead atoms. The summed E-state index contributed by atoms with van der Waals surface area (Å²) in [5.74, 6) is 0. The zero-order valence-electron chi connectivity index (χ0n) is 8.53. The fourth-order valence-corrected chi connectivity index (χ4v) is 0.973. The molecule has 1 N–H and O–H groups in total. The predicted molar refractivity (Wildman–Crippen MR) is 52.2 cm³/mol. The highest BCUT2D eigenvalue weighted by Gasteiger charge is 2.24. The molecular weight excluding hydrogens is 168 g/mol. The van der Waals surface area contributed by atoms with Gasteiger partial charge in [-0.15, -0.1) is 0 Å². The van der Waals surface area contributed by atoms with Gasteiger partial charge >= 0.3 is 0 Å². The van der Waals surface area contributed by atoms with Crippen LogP contribution in [0, 0.1) is 0 Å². The molecule has 0 aliphatic heterocycles. The molecule has 0 aliphatic carbocycles. The second kappa shape index (κ2) is 5.45. The van der Waals surface area contributed by atoms with Gasteiger partial charge in [-0.3, -0.25) is 0 Å². The van der Waals surface area contributed by atoms with E-state index < -0.39 is 5.54 Å². The minimum Gasteiger partial charge on any atom is -0.394 e. The van der Waals surface area contributed by atoms with Gasteiger partial charge in [0.2, 0.25) is 0 Å². The first-order valence-corrected chi connectivity index (χ1v) is 4.00. The average Bonchev–Trinajstić information content (AvgIpc) is 2.05. The maximum absolute atomic E-state index is 8.40. The molecule has 0 aromatic carbocycles. The van der Waals surface area contributed by atoms with Crippen LogP contribution in [-0.4, -0.2) is 26.3 Å². The number of nitrogens with one attached hydrogen (secondary N) is 1. The molecule has 0 aromatic heterocycles. The zero-order chi connectivity index (χ0) is 10.3. The Kier molecular flexibility index (Phi) is 4.96. The summed E-state index contributed by atoms with van der Waals surface area (Å²) in [6.45, 7) is 4.10. The van der Waals surface area contributed by atoms with Crippen molar-refractivity contribution < 1.29 is 4.74 Å². The Morgan fingerprint density at radius 1 is 1.77 bits per heavy atom. The summed E-state index contributed by atoms with van der Waals surface area (Å²) in [5, 5.41) is 6.60. The fourth-order valence-electron chi connectivity index (χ4n) is 0.973. The van der Waals surface area contributed by atoms with E-state index in [-0.39, 0.29) is 0 Å². The molecule has 5 nitrogen and oxygen atoms in total. The van der Waals surface area contributed by atoms with Crippen LogP contribution < -0.4 is 5.32 Å². The zero-order valence-corrected chi connectivity index (χ0v) is 8.53. The van der Waals surface area contributed by atoms with Crippen molar-refractivity contribution in [3.8, 4) is 0 Å². The van der Waals surface area contributed by atoms with Crippen molar-refractivity contribution in [3.05, 3.63) is 22.2 Å². The Bertz CT molecular complexity index is 232. The van der Waals surface area contributed by atoms with E-state index in [1.54, 1.807) is 20.4 Å². The second-order valence-electron chi connectivity index (χ2n) is 3.01. The standard InChI is InChI=1S/C8H16N4O/c1-7(5-10-3)8(2,6-13-4)11-12-9/h5,10H,6H2,1-4H3/b7-5+. The molecule has 0 rings (SSSR count). The van der Waals surface area contributed by atoms with Crippen molar-refractivity contribution >= 4 is 0 Å². The Balaban J connectivity index is 4.76. The first kappa shape index (κ1) is 11.8. The van der Waals surface area contributed by atoms with E-state index in [4.69, 9.17) is 10.3 Å². The molecule has 0 aliphatic rings. The summed E-state index contributed by atoms with van der Waals surface area (Å²) < 4.78 is 4.99. The van der Waals surface area contributed by atoms with E-state index in [9.17, 15) is 0 Å². The summed E-state index contributed by atoms with van der Waals surface area (Å²) >= 11 is 0. The Labute approximate surface area is 78.4 Å².